The molecule has 0 bridgehead atoms. The number of hydrogen-bond donors (Lipinski definition) is 1. The smallest absolute Gasteiger partial charge is 0.375 e. The monoisotopic (exact) mass is 367 g/mol. The van der Waals surface area contributed by atoms with Crippen LogP contribution in [0.2, 0.25) is 0 Å². The zero-order valence-electron chi connectivity index (χ0n) is 15.4. The minimum atomic E-state index is -0.960. The van der Waals surface area contributed by atoms with E-state index >= 15 is 0 Å². The molecule has 2 heterocycles. The van der Waals surface area contributed by atoms with E-state index < -0.39 is 18.0 Å². The second kappa shape index (κ2) is 7.90. The van der Waals surface area contributed by atoms with E-state index in [1.54, 1.807) is 29.2 Å². The van der Waals surface area contributed by atoms with Crippen molar-refractivity contribution in [2.75, 3.05) is 5.32 Å². The molecule has 0 radical (unpaired) electrons. The molecule has 0 saturated heterocycles. The van der Waals surface area contributed by atoms with Crippen molar-refractivity contribution in [2.45, 2.75) is 33.4 Å². The van der Waals surface area contributed by atoms with Gasteiger partial charge in [-0.15, -0.1) is 0 Å². The number of nitrogens with zero attached hydrogens (tertiary/aromatic N) is 2. The van der Waals surface area contributed by atoms with E-state index in [9.17, 15) is 9.59 Å². The summed E-state index contributed by atoms with van der Waals surface area (Å²) in [6, 6.07) is 10.7. The Morgan fingerprint density at radius 2 is 2.07 bits per heavy atom. The first kappa shape index (κ1) is 18.4. The van der Waals surface area contributed by atoms with Crippen LogP contribution in [-0.2, 0) is 16.1 Å². The molecule has 7 heteroatoms. The predicted octanol–water partition coefficient (Wildman–Crippen LogP) is 3.33. The number of benzene rings is 1. The first-order valence-electron chi connectivity index (χ1n) is 8.57. The Hall–Kier alpha value is -3.35. The van der Waals surface area contributed by atoms with Gasteiger partial charge in [-0.3, -0.25) is 9.48 Å². The van der Waals surface area contributed by atoms with Crippen LogP contribution in [0.5, 0.6) is 0 Å². The van der Waals surface area contributed by atoms with Gasteiger partial charge in [0.05, 0.1) is 6.54 Å². The maximum absolute atomic E-state index is 12.3. The van der Waals surface area contributed by atoms with Crippen molar-refractivity contribution >= 4 is 17.6 Å². The van der Waals surface area contributed by atoms with Gasteiger partial charge in [0, 0.05) is 18.1 Å². The number of carbonyl (C=O) groups excluding carboxylic acids is 2. The molecule has 140 valence electrons. The maximum Gasteiger partial charge on any atom is 0.375 e. The molecular weight excluding hydrogens is 346 g/mol. The lowest BCUT2D eigenvalue weighted by Gasteiger charge is -2.14. The molecule has 0 aliphatic rings. The van der Waals surface area contributed by atoms with E-state index in [2.05, 4.69) is 10.4 Å². The summed E-state index contributed by atoms with van der Waals surface area (Å²) in [5, 5.41) is 6.85. The van der Waals surface area contributed by atoms with E-state index in [0.717, 1.165) is 11.1 Å². The molecular formula is C20H21N3O4. The molecule has 1 unspecified atom stereocenters. The molecule has 2 aromatic heterocycles. The van der Waals surface area contributed by atoms with Crippen molar-refractivity contribution in [1.82, 2.24) is 9.78 Å². The summed E-state index contributed by atoms with van der Waals surface area (Å²) in [5.41, 5.74) is 2.73. The molecule has 1 aromatic carbocycles. The minimum absolute atomic E-state index is 0.0447. The van der Waals surface area contributed by atoms with E-state index in [4.69, 9.17) is 9.15 Å². The van der Waals surface area contributed by atoms with Gasteiger partial charge in [0.25, 0.3) is 5.91 Å². The summed E-state index contributed by atoms with van der Waals surface area (Å²) in [6.07, 6.45) is 2.49. The van der Waals surface area contributed by atoms with Crippen LogP contribution in [0.1, 0.15) is 34.4 Å². The molecule has 3 rings (SSSR count). The van der Waals surface area contributed by atoms with Gasteiger partial charge < -0.3 is 14.5 Å². The quantitative estimate of drug-likeness (QED) is 0.676. The summed E-state index contributed by atoms with van der Waals surface area (Å²) in [4.78, 5) is 24.5. The largest absolute Gasteiger partial charge is 0.452 e. The molecule has 1 N–H and O–H groups in total. The van der Waals surface area contributed by atoms with Crippen molar-refractivity contribution in [3.05, 3.63) is 71.4 Å². The van der Waals surface area contributed by atoms with Crippen molar-refractivity contribution in [1.29, 1.82) is 0 Å². The first-order chi connectivity index (χ1) is 12.9. The number of aromatic nitrogens is 2. The highest BCUT2D eigenvalue weighted by atomic mass is 16.6. The lowest BCUT2D eigenvalue weighted by molar-refractivity contribution is -0.123. The van der Waals surface area contributed by atoms with Crippen LogP contribution in [0.25, 0.3) is 0 Å². The average molecular weight is 367 g/mol. The Bertz CT molecular complexity index is 944. The van der Waals surface area contributed by atoms with Crippen LogP contribution >= 0.6 is 0 Å². The lowest BCUT2D eigenvalue weighted by atomic mass is 10.1. The summed E-state index contributed by atoms with van der Waals surface area (Å²) >= 11 is 0. The number of nitrogens with one attached hydrogen (secondary N) is 1. The van der Waals surface area contributed by atoms with E-state index in [0.29, 0.717) is 18.0 Å². The summed E-state index contributed by atoms with van der Waals surface area (Å²) in [6.45, 7) is 5.81. The number of hydrogen-bond acceptors (Lipinski definition) is 5. The second-order valence-corrected chi connectivity index (χ2v) is 6.32. The Balaban J connectivity index is 1.58. The standard InChI is InChI=1S/C20H21N3O4/c1-13-5-7-17(14(2)11-13)22-19(24)15(3)26-20(25)18-8-6-16(27-18)12-23-10-4-9-21-23/h4-11,15H,12H2,1-3H3,(H,22,24). The number of ether oxygens (including phenoxy) is 1. The van der Waals surface area contributed by atoms with Crippen molar-refractivity contribution in [2.24, 2.45) is 0 Å². The molecule has 1 amide bonds. The summed E-state index contributed by atoms with van der Waals surface area (Å²) < 4.78 is 12.4. The van der Waals surface area contributed by atoms with E-state index in [-0.39, 0.29) is 5.76 Å². The van der Waals surface area contributed by atoms with Gasteiger partial charge in [-0.2, -0.15) is 5.10 Å². The number of esters is 1. The molecule has 3 aromatic rings. The number of anilines is 1. The van der Waals surface area contributed by atoms with Gasteiger partial charge in [0.2, 0.25) is 5.76 Å². The van der Waals surface area contributed by atoms with Crippen LogP contribution in [0.3, 0.4) is 0 Å². The fourth-order valence-corrected chi connectivity index (χ4v) is 2.59. The molecule has 7 nitrogen and oxygen atoms in total. The van der Waals surface area contributed by atoms with E-state index in [1.165, 1.54) is 13.0 Å². The Morgan fingerprint density at radius 1 is 1.26 bits per heavy atom. The predicted molar refractivity (Wildman–Crippen MR) is 99.5 cm³/mol. The topological polar surface area (TPSA) is 86.4 Å². The van der Waals surface area contributed by atoms with Gasteiger partial charge in [-0.25, -0.2) is 4.79 Å². The summed E-state index contributed by atoms with van der Waals surface area (Å²) in [7, 11) is 0. The summed E-state index contributed by atoms with van der Waals surface area (Å²) in [5.74, 6) is -0.482. The maximum atomic E-state index is 12.3. The third kappa shape index (κ3) is 4.63. The Labute approximate surface area is 156 Å². The normalized spacial score (nSPS) is 11.8. The lowest BCUT2D eigenvalue weighted by Crippen LogP contribution is -2.30. The number of furan rings is 1. The minimum Gasteiger partial charge on any atom is -0.452 e. The fraction of sp³-hybridized carbons (Fsp3) is 0.250. The molecule has 0 aliphatic heterocycles. The first-order valence-corrected chi connectivity index (χ1v) is 8.57. The third-order valence-electron chi connectivity index (χ3n) is 4.03. The number of aryl methyl sites for hydroxylation is 2. The second-order valence-electron chi connectivity index (χ2n) is 6.32. The number of amides is 1. The van der Waals surface area contributed by atoms with Crippen molar-refractivity contribution < 1.29 is 18.7 Å². The molecule has 0 saturated carbocycles. The fourth-order valence-electron chi connectivity index (χ4n) is 2.59. The van der Waals surface area contributed by atoms with Gasteiger partial charge in [0.1, 0.15) is 5.76 Å². The highest BCUT2D eigenvalue weighted by molar-refractivity contribution is 5.97. The van der Waals surface area contributed by atoms with Gasteiger partial charge in [-0.05, 0) is 50.6 Å². The molecule has 27 heavy (non-hydrogen) atoms. The van der Waals surface area contributed by atoms with Crippen LogP contribution in [0.15, 0.2) is 53.2 Å². The average Bonchev–Trinajstić information content (AvgIpc) is 3.29. The van der Waals surface area contributed by atoms with Crippen LogP contribution in [0, 0.1) is 13.8 Å². The number of rotatable bonds is 6. The van der Waals surface area contributed by atoms with Crippen molar-refractivity contribution in [3.8, 4) is 0 Å². The SMILES string of the molecule is Cc1ccc(NC(=O)C(C)OC(=O)c2ccc(Cn3cccn3)o2)c(C)c1. The molecule has 0 spiro atoms. The Kier molecular flexibility index (Phi) is 5.40. The number of carbonyl (C=O) groups is 2. The zero-order valence-corrected chi connectivity index (χ0v) is 15.4. The van der Waals surface area contributed by atoms with Gasteiger partial charge in [0.15, 0.2) is 6.10 Å². The van der Waals surface area contributed by atoms with Crippen molar-refractivity contribution in [3.63, 3.8) is 0 Å². The van der Waals surface area contributed by atoms with Gasteiger partial charge in [-0.1, -0.05) is 17.7 Å². The zero-order chi connectivity index (χ0) is 19.4. The van der Waals surface area contributed by atoms with Gasteiger partial charge >= 0.3 is 5.97 Å². The van der Waals surface area contributed by atoms with Crippen LogP contribution in [0.4, 0.5) is 5.69 Å². The third-order valence-corrected chi connectivity index (χ3v) is 4.03. The van der Waals surface area contributed by atoms with E-state index in [1.807, 2.05) is 32.0 Å². The van der Waals surface area contributed by atoms with Crippen LogP contribution in [-0.4, -0.2) is 27.8 Å². The highest BCUT2D eigenvalue weighted by Gasteiger charge is 2.21. The molecule has 1 atom stereocenters. The molecule has 0 fully saturated rings. The molecule has 0 aliphatic carbocycles. The highest BCUT2D eigenvalue weighted by Crippen LogP contribution is 2.17. The van der Waals surface area contributed by atoms with Crippen LogP contribution < -0.4 is 5.32 Å². The Morgan fingerprint density at radius 3 is 2.78 bits per heavy atom.